The van der Waals surface area contributed by atoms with Gasteiger partial charge in [-0.25, -0.2) is 4.98 Å². The molecule has 1 aromatic heterocycles. The summed E-state index contributed by atoms with van der Waals surface area (Å²) in [5.41, 5.74) is 7.86. The summed E-state index contributed by atoms with van der Waals surface area (Å²) in [6, 6.07) is 11.4. The first kappa shape index (κ1) is 13.4. The summed E-state index contributed by atoms with van der Waals surface area (Å²) in [5, 5.41) is 0. The van der Waals surface area contributed by atoms with Gasteiger partial charge in [-0.05, 0) is 30.7 Å². The van der Waals surface area contributed by atoms with Gasteiger partial charge in [0.25, 0.3) is 0 Å². The number of benzene rings is 1. The smallest absolute Gasteiger partial charge is 0.218 e. The maximum absolute atomic E-state index is 5.88. The topological polar surface area (TPSA) is 57.4 Å². The number of hydrogen-bond acceptors (Lipinski definition) is 4. The minimum Gasteiger partial charge on any atom is -0.497 e. The molecule has 0 saturated carbocycles. The van der Waals surface area contributed by atoms with Crippen LogP contribution in [0.15, 0.2) is 42.6 Å². The van der Waals surface area contributed by atoms with Gasteiger partial charge in [-0.1, -0.05) is 18.2 Å². The Labute approximate surface area is 113 Å². The molecule has 0 radical (unpaired) electrons. The molecular weight excluding hydrogens is 240 g/mol. The van der Waals surface area contributed by atoms with E-state index < -0.39 is 0 Å². The van der Waals surface area contributed by atoms with Crippen LogP contribution in [0.2, 0.25) is 0 Å². The Morgan fingerprint density at radius 2 is 1.95 bits per heavy atom. The Bertz CT molecular complexity index is 524. The molecule has 0 spiro atoms. The van der Waals surface area contributed by atoms with Gasteiger partial charge in [0.1, 0.15) is 12.4 Å². The van der Waals surface area contributed by atoms with Crippen LogP contribution in [0.3, 0.4) is 0 Å². The fraction of sp³-hybridized carbons (Fsp3) is 0.267. The van der Waals surface area contributed by atoms with E-state index in [0.29, 0.717) is 12.5 Å². The Kier molecular flexibility index (Phi) is 4.36. The van der Waals surface area contributed by atoms with Crippen LogP contribution in [0.25, 0.3) is 0 Å². The Balaban J connectivity index is 2.05. The fourth-order valence-corrected chi connectivity index (χ4v) is 1.74. The highest BCUT2D eigenvalue weighted by molar-refractivity contribution is 5.30. The molecule has 0 fully saturated rings. The number of aromatic nitrogens is 1. The second-order valence-electron chi connectivity index (χ2n) is 4.32. The molecule has 2 N–H and O–H groups in total. The summed E-state index contributed by atoms with van der Waals surface area (Å²) in [7, 11) is 1.65. The van der Waals surface area contributed by atoms with E-state index in [1.165, 1.54) is 0 Å². The van der Waals surface area contributed by atoms with Crippen molar-refractivity contribution >= 4 is 0 Å². The summed E-state index contributed by atoms with van der Waals surface area (Å²) >= 11 is 0. The molecule has 2 aromatic rings. The molecule has 4 heteroatoms. The van der Waals surface area contributed by atoms with Gasteiger partial charge in [-0.3, -0.25) is 0 Å². The first-order valence-corrected chi connectivity index (χ1v) is 6.17. The predicted molar refractivity (Wildman–Crippen MR) is 74.2 cm³/mol. The van der Waals surface area contributed by atoms with E-state index in [-0.39, 0.29) is 6.04 Å². The molecule has 4 nitrogen and oxygen atoms in total. The zero-order valence-corrected chi connectivity index (χ0v) is 11.2. The highest BCUT2D eigenvalue weighted by Gasteiger charge is 2.08. The van der Waals surface area contributed by atoms with E-state index >= 15 is 0 Å². The second kappa shape index (κ2) is 6.20. The standard InChI is InChI=1S/C15H18N2O2/c1-11(16)14-4-3-9-17-15(14)19-10-12-5-7-13(18-2)8-6-12/h3-9,11H,10,16H2,1-2H3. The first-order chi connectivity index (χ1) is 9.20. The van der Waals surface area contributed by atoms with Gasteiger partial charge in [0.05, 0.1) is 7.11 Å². The van der Waals surface area contributed by atoms with E-state index in [0.717, 1.165) is 16.9 Å². The molecule has 1 unspecified atom stereocenters. The Hall–Kier alpha value is -2.07. The number of ether oxygens (including phenoxy) is 2. The van der Waals surface area contributed by atoms with Crippen molar-refractivity contribution in [1.82, 2.24) is 4.98 Å². The number of methoxy groups -OCH3 is 1. The van der Waals surface area contributed by atoms with Crippen molar-refractivity contribution in [3.8, 4) is 11.6 Å². The van der Waals surface area contributed by atoms with E-state index in [9.17, 15) is 0 Å². The molecule has 0 bridgehead atoms. The lowest BCUT2D eigenvalue weighted by Crippen LogP contribution is -2.09. The van der Waals surface area contributed by atoms with Crippen LogP contribution in [-0.2, 0) is 6.61 Å². The normalized spacial score (nSPS) is 11.9. The number of pyridine rings is 1. The maximum Gasteiger partial charge on any atom is 0.218 e. The van der Waals surface area contributed by atoms with Gasteiger partial charge in [0.2, 0.25) is 5.88 Å². The van der Waals surface area contributed by atoms with Crippen molar-refractivity contribution in [2.45, 2.75) is 19.6 Å². The maximum atomic E-state index is 5.88. The van der Waals surface area contributed by atoms with Gasteiger partial charge in [-0.2, -0.15) is 0 Å². The molecule has 0 aliphatic carbocycles. The van der Waals surface area contributed by atoms with E-state index in [4.69, 9.17) is 15.2 Å². The van der Waals surface area contributed by atoms with Crippen molar-refractivity contribution in [2.75, 3.05) is 7.11 Å². The Morgan fingerprint density at radius 1 is 1.21 bits per heavy atom. The molecule has 1 heterocycles. The van der Waals surface area contributed by atoms with Crippen molar-refractivity contribution in [1.29, 1.82) is 0 Å². The lowest BCUT2D eigenvalue weighted by atomic mass is 10.1. The third kappa shape index (κ3) is 3.45. The highest BCUT2D eigenvalue weighted by atomic mass is 16.5. The molecular formula is C15H18N2O2. The van der Waals surface area contributed by atoms with Gasteiger partial charge >= 0.3 is 0 Å². The van der Waals surface area contributed by atoms with Crippen LogP contribution in [0.5, 0.6) is 11.6 Å². The van der Waals surface area contributed by atoms with Crippen LogP contribution >= 0.6 is 0 Å². The summed E-state index contributed by atoms with van der Waals surface area (Å²) in [4.78, 5) is 4.22. The minimum absolute atomic E-state index is 0.0976. The van der Waals surface area contributed by atoms with Gasteiger partial charge in [0.15, 0.2) is 0 Å². The van der Waals surface area contributed by atoms with Crippen LogP contribution in [0.1, 0.15) is 24.1 Å². The molecule has 0 aliphatic rings. The molecule has 1 aromatic carbocycles. The first-order valence-electron chi connectivity index (χ1n) is 6.17. The number of hydrogen-bond donors (Lipinski definition) is 1. The third-order valence-corrected chi connectivity index (χ3v) is 2.83. The molecule has 19 heavy (non-hydrogen) atoms. The molecule has 0 amide bonds. The van der Waals surface area contributed by atoms with Crippen LogP contribution in [0.4, 0.5) is 0 Å². The largest absolute Gasteiger partial charge is 0.497 e. The zero-order valence-electron chi connectivity index (χ0n) is 11.2. The molecule has 0 saturated heterocycles. The van der Waals surface area contributed by atoms with E-state index in [2.05, 4.69) is 4.98 Å². The molecule has 2 rings (SSSR count). The molecule has 1 atom stereocenters. The summed E-state index contributed by atoms with van der Waals surface area (Å²) in [6.45, 7) is 2.37. The second-order valence-corrected chi connectivity index (χ2v) is 4.32. The van der Waals surface area contributed by atoms with Crippen LogP contribution in [-0.4, -0.2) is 12.1 Å². The van der Waals surface area contributed by atoms with Gasteiger partial charge in [-0.15, -0.1) is 0 Å². The highest BCUT2D eigenvalue weighted by Crippen LogP contribution is 2.21. The molecule has 0 aliphatic heterocycles. The van der Waals surface area contributed by atoms with E-state index in [1.807, 2.05) is 43.3 Å². The van der Waals surface area contributed by atoms with Gasteiger partial charge < -0.3 is 15.2 Å². The van der Waals surface area contributed by atoms with Gasteiger partial charge in [0, 0.05) is 17.8 Å². The number of rotatable bonds is 5. The Morgan fingerprint density at radius 3 is 2.58 bits per heavy atom. The average Bonchev–Trinajstić information content (AvgIpc) is 2.46. The SMILES string of the molecule is COc1ccc(COc2ncccc2C(C)N)cc1. The fourth-order valence-electron chi connectivity index (χ4n) is 1.74. The van der Waals surface area contributed by atoms with Crippen LogP contribution in [0, 0.1) is 0 Å². The van der Waals surface area contributed by atoms with Crippen molar-refractivity contribution in [2.24, 2.45) is 5.73 Å². The number of nitrogens with zero attached hydrogens (tertiary/aromatic N) is 1. The van der Waals surface area contributed by atoms with E-state index in [1.54, 1.807) is 13.3 Å². The van der Waals surface area contributed by atoms with Crippen molar-refractivity contribution in [3.05, 3.63) is 53.7 Å². The lowest BCUT2D eigenvalue weighted by Gasteiger charge is -2.12. The summed E-state index contributed by atoms with van der Waals surface area (Å²) in [5.74, 6) is 1.42. The average molecular weight is 258 g/mol. The molecule has 100 valence electrons. The quantitative estimate of drug-likeness (QED) is 0.895. The van der Waals surface area contributed by atoms with Crippen molar-refractivity contribution in [3.63, 3.8) is 0 Å². The number of nitrogens with two attached hydrogens (primary N) is 1. The summed E-state index contributed by atoms with van der Waals surface area (Å²) in [6.07, 6.45) is 1.70. The zero-order chi connectivity index (χ0) is 13.7. The summed E-state index contributed by atoms with van der Waals surface area (Å²) < 4.78 is 10.8. The van der Waals surface area contributed by atoms with Crippen LogP contribution < -0.4 is 15.2 Å². The predicted octanol–water partition coefficient (Wildman–Crippen LogP) is 2.69. The van der Waals surface area contributed by atoms with Crippen molar-refractivity contribution < 1.29 is 9.47 Å². The third-order valence-electron chi connectivity index (χ3n) is 2.83. The monoisotopic (exact) mass is 258 g/mol. The minimum atomic E-state index is -0.0976. The lowest BCUT2D eigenvalue weighted by molar-refractivity contribution is 0.288.